The van der Waals surface area contributed by atoms with Gasteiger partial charge in [-0.15, -0.1) is 11.3 Å². The van der Waals surface area contributed by atoms with Crippen molar-refractivity contribution in [2.75, 3.05) is 18.9 Å². The van der Waals surface area contributed by atoms with Crippen LogP contribution in [-0.4, -0.2) is 123 Å². The molecule has 15 rings (SSSR count). The molecule has 0 amide bonds. The van der Waals surface area contributed by atoms with Crippen molar-refractivity contribution in [2.24, 2.45) is 0 Å². The highest BCUT2D eigenvalue weighted by atomic mass is 35.5. The van der Waals surface area contributed by atoms with Crippen LogP contribution in [0.2, 0.25) is 15.1 Å². The maximum atomic E-state index is 12.8. The van der Waals surface area contributed by atoms with Gasteiger partial charge in [-0.1, -0.05) is 89.4 Å². The largest absolute Gasteiger partial charge is 0.445 e. The predicted molar refractivity (Wildman–Crippen MR) is 427 cm³/mol. The highest BCUT2D eigenvalue weighted by Crippen LogP contribution is 2.35. The number of nitrogens with one attached hydrogen (secondary N) is 4. The number of sulfonamides is 4. The topological polar surface area (TPSA) is 430 Å². The Labute approximate surface area is 678 Å². The fourth-order valence-electron chi connectivity index (χ4n) is 10.1. The minimum absolute atomic E-state index is 0.0558. The van der Waals surface area contributed by atoms with Crippen molar-refractivity contribution in [3.05, 3.63) is 274 Å². The molecule has 42 heteroatoms. The Hall–Kier alpha value is -12.8. The third-order valence-electron chi connectivity index (χ3n) is 15.4. The van der Waals surface area contributed by atoms with Gasteiger partial charge in [-0.05, 0) is 173 Å². The second kappa shape index (κ2) is 35.7. The van der Waals surface area contributed by atoms with Gasteiger partial charge in [0.25, 0.3) is 40.1 Å². The molecule has 0 atom stereocenters. The van der Waals surface area contributed by atoms with E-state index in [0.29, 0.717) is 79.7 Å². The number of pyridine rings is 4. The van der Waals surface area contributed by atoms with Crippen molar-refractivity contribution >= 4 is 110 Å². The number of benzene rings is 5. The molecule has 588 valence electrons. The Kier molecular flexibility index (Phi) is 25.5. The molecular formula is C74H56Cl3F3N22O9S5. The first-order valence-corrected chi connectivity index (χ1v) is 41.4. The third kappa shape index (κ3) is 21.6. The smallest absolute Gasteiger partial charge is 0.416 e. The molecule has 4 N–H and O–H groups in total. The maximum absolute atomic E-state index is 12.8. The SMILES string of the molecule is Cc1nc(NS(=O)(=O)c2ccc(-c3ccc(Cl)c(Cl)c3)cc2)nc(-c2ccccn2)n1.Cc1nc(NS(=O)(=O)c2ccc(-c3csc(C)n3)cc2)nc(-c2ccccn2)n1.Cc1nc(NS(=O)(=O)c2ccc(-c3ncco3)cc2)nc(-c2ccccn2)n1.Cc1nc(NS(=O)(=O)c2ccc(C(F)(F)F)cc2Cl)nc(-c2ccccn2)n1. The normalized spacial score (nSPS) is 11.5. The molecule has 0 fully saturated rings. The van der Waals surface area contributed by atoms with Gasteiger partial charge in [0.05, 0.1) is 52.2 Å². The highest BCUT2D eigenvalue weighted by Gasteiger charge is 2.33. The van der Waals surface area contributed by atoms with Crippen LogP contribution in [0, 0.1) is 34.6 Å². The van der Waals surface area contributed by atoms with Gasteiger partial charge in [-0.25, -0.2) is 82.5 Å². The lowest BCUT2D eigenvalue weighted by Crippen LogP contribution is -2.17. The molecule has 0 saturated carbocycles. The zero-order valence-corrected chi connectivity index (χ0v) is 66.7. The Morgan fingerprint density at radius 2 is 0.716 bits per heavy atom. The van der Waals surface area contributed by atoms with E-state index in [-0.39, 0.29) is 61.8 Å². The second-order valence-electron chi connectivity index (χ2n) is 23.8. The minimum atomic E-state index is -4.65. The van der Waals surface area contributed by atoms with Crippen molar-refractivity contribution in [1.29, 1.82) is 0 Å². The summed E-state index contributed by atoms with van der Waals surface area (Å²) in [5.41, 5.74) is 4.83. The Morgan fingerprint density at radius 3 is 1.04 bits per heavy atom. The summed E-state index contributed by atoms with van der Waals surface area (Å²) in [5, 5.41) is 3.17. The molecule has 0 aliphatic rings. The number of nitrogens with zero attached hydrogens (tertiary/aromatic N) is 18. The van der Waals surface area contributed by atoms with E-state index < -0.39 is 61.8 Å². The van der Waals surface area contributed by atoms with Crippen molar-refractivity contribution in [3.8, 4) is 79.9 Å². The van der Waals surface area contributed by atoms with Crippen LogP contribution in [-0.2, 0) is 46.3 Å². The van der Waals surface area contributed by atoms with Crippen molar-refractivity contribution in [1.82, 2.24) is 89.7 Å². The van der Waals surface area contributed by atoms with Crippen LogP contribution in [0.4, 0.5) is 37.0 Å². The molecule has 0 unspecified atom stereocenters. The van der Waals surface area contributed by atoms with Crippen molar-refractivity contribution in [2.45, 2.75) is 60.4 Å². The molecule has 5 aromatic carbocycles. The summed E-state index contributed by atoms with van der Waals surface area (Å²) in [6.45, 7) is 8.41. The number of hydrogen-bond donors (Lipinski definition) is 4. The zero-order chi connectivity index (χ0) is 82.5. The van der Waals surface area contributed by atoms with Gasteiger partial charge >= 0.3 is 6.18 Å². The number of aromatic nitrogens is 18. The number of thiazole rings is 1. The van der Waals surface area contributed by atoms with Gasteiger partial charge in [0.15, 0.2) is 23.3 Å². The van der Waals surface area contributed by atoms with E-state index in [1.54, 1.807) is 172 Å². The molecule has 31 nitrogen and oxygen atoms in total. The number of halogens is 6. The summed E-state index contributed by atoms with van der Waals surface area (Å²) >= 11 is 19.3. The third-order valence-corrected chi connectivity index (χ3v) is 22.7. The van der Waals surface area contributed by atoms with Gasteiger partial charge in [0, 0.05) is 41.3 Å². The number of aryl methyl sites for hydroxylation is 5. The van der Waals surface area contributed by atoms with E-state index in [4.69, 9.17) is 39.2 Å². The van der Waals surface area contributed by atoms with E-state index in [1.165, 1.54) is 62.0 Å². The van der Waals surface area contributed by atoms with E-state index in [9.17, 15) is 46.8 Å². The van der Waals surface area contributed by atoms with E-state index in [2.05, 4.69) is 109 Å². The lowest BCUT2D eigenvalue weighted by atomic mass is 10.1. The predicted octanol–water partition coefficient (Wildman–Crippen LogP) is 14.9. The highest BCUT2D eigenvalue weighted by molar-refractivity contribution is 7.93. The standard InChI is InChI=1S/C21H15Cl2N5O2S.C19H16N6O2S2.C18H14N6O3S.C16H11ClF3N5O2S/c1-13-25-20(19-4-2-3-11-24-19)27-21(26-13)28-31(29,30)16-8-5-14(6-9-16)15-7-10-17(22)18(23)12-15;1-12-21-18(16-5-3-4-10-20-16)24-19(22-12)25-29(26,27)15-8-6-14(7-9-15)17-11-28-13(2)23-17;1-12-21-16(15-4-2-3-9-19-15)23-18(22-12)24-28(25,26)14-7-5-13(6-8-14)17-20-10-11-27-17;1-9-22-14(12-4-2-3-7-21-12)24-15(23-9)25-28(26,27)13-6-5-10(8-11(13)17)16(18,19)20/h2-12H,1H3,(H,25,26,27,28);3-11H,1-2H3,(H,21,22,24,25);2-11H,1H3,(H,21,22,23,24);2-8H,1H3,(H,22,23,24,25). The second-order valence-corrected chi connectivity index (χ2v) is 32.8. The summed E-state index contributed by atoms with van der Waals surface area (Å²) in [4.78, 5) is 74.2. The molecule has 0 spiro atoms. The van der Waals surface area contributed by atoms with Crippen LogP contribution in [0.1, 0.15) is 33.9 Å². The number of alkyl halides is 3. The molecule has 0 radical (unpaired) electrons. The van der Waals surface area contributed by atoms with E-state index in [0.717, 1.165) is 33.5 Å². The van der Waals surface area contributed by atoms with E-state index >= 15 is 0 Å². The summed E-state index contributed by atoms with van der Waals surface area (Å²) < 4.78 is 154. The monoisotopic (exact) mass is 1720 g/mol. The van der Waals surface area contributed by atoms with Crippen molar-refractivity contribution in [3.63, 3.8) is 0 Å². The number of oxazole rings is 1. The van der Waals surface area contributed by atoms with Gasteiger partial charge in [0.1, 0.15) is 57.2 Å². The molecule has 116 heavy (non-hydrogen) atoms. The molecule has 0 aliphatic carbocycles. The van der Waals surface area contributed by atoms with Crippen LogP contribution in [0.25, 0.3) is 79.9 Å². The Balaban J connectivity index is 0.000000143. The molecule has 15 aromatic rings. The molecule has 10 aromatic heterocycles. The lowest BCUT2D eigenvalue weighted by molar-refractivity contribution is -0.137. The van der Waals surface area contributed by atoms with Crippen LogP contribution < -0.4 is 18.9 Å². The lowest BCUT2D eigenvalue weighted by Gasteiger charge is -2.12. The Bertz CT molecular complexity index is 6510. The van der Waals surface area contributed by atoms with Crippen molar-refractivity contribution < 1.29 is 51.3 Å². The fraction of sp³-hybridized carbons (Fsp3) is 0.0811. The number of anilines is 4. The first-order valence-electron chi connectivity index (χ1n) is 33.4. The molecule has 10 heterocycles. The van der Waals surface area contributed by atoms with Gasteiger partial charge in [-0.2, -0.15) is 53.0 Å². The van der Waals surface area contributed by atoms with E-state index in [1.807, 2.05) is 18.4 Å². The van der Waals surface area contributed by atoms with Crippen LogP contribution >= 0.6 is 46.1 Å². The maximum Gasteiger partial charge on any atom is 0.416 e. The van der Waals surface area contributed by atoms with Crippen LogP contribution in [0.15, 0.2) is 249 Å². The number of rotatable bonds is 19. The first kappa shape index (κ1) is 82.7. The summed E-state index contributed by atoms with van der Waals surface area (Å²) in [6.07, 6.45) is 4.65. The van der Waals surface area contributed by atoms with Gasteiger partial charge in [0.2, 0.25) is 29.7 Å². The Morgan fingerprint density at radius 1 is 0.345 bits per heavy atom. The summed E-state index contributed by atoms with van der Waals surface area (Å²) in [5.74, 6) is 2.19. The minimum Gasteiger partial charge on any atom is -0.445 e. The average molecular weight is 1720 g/mol. The number of hydrogen-bond acceptors (Lipinski definition) is 28. The molecule has 0 aliphatic heterocycles. The molecular weight excluding hydrogens is 1660 g/mol. The summed E-state index contributed by atoms with van der Waals surface area (Å²) in [7, 11) is -16.0. The average Bonchev–Trinajstić information content (AvgIpc) is 0.967. The first-order chi connectivity index (χ1) is 55.3. The molecule has 0 bridgehead atoms. The van der Waals surface area contributed by atoms with Crippen LogP contribution in [0.5, 0.6) is 0 Å². The zero-order valence-electron chi connectivity index (χ0n) is 60.4. The fourth-order valence-corrected chi connectivity index (χ4v) is 15.3. The van der Waals surface area contributed by atoms with Crippen LogP contribution in [0.3, 0.4) is 0 Å². The van der Waals surface area contributed by atoms with Gasteiger partial charge in [-0.3, -0.25) is 19.9 Å². The summed E-state index contributed by atoms with van der Waals surface area (Å²) in [6, 6.07) is 47.0. The van der Waals surface area contributed by atoms with Gasteiger partial charge < -0.3 is 4.42 Å². The quantitative estimate of drug-likeness (QED) is 0.0584. The molecule has 0 saturated heterocycles.